The highest BCUT2D eigenvalue weighted by atomic mass is 32.2. The third kappa shape index (κ3) is 3.59. The minimum Gasteiger partial charge on any atom is -0.336 e. The van der Waals surface area contributed by atoms with Gasteiger partial charge in [0.15, 0.2) is 0 Å². The number of nitrogens with zero attached hydrogens (tertiary/aromatic N) is 3. The molecule has 1 aromatic carbocycles. The van der Waals surface area contributed by atoms with E-state index < -0.39 is 5.76 Å². The van der Waals surface area contributed by atoms with E-state index in [0.29, 0.717) is 41.9 Å². The second-order valence-electron chi connectivity index (χ2n) is 5.52. The van der Waals surface area contributed by atoms with Gasteiger partial charge in [-0.3, -0.25) is 4.79 Å². The molecule has 1 N–H and O–H groups in total. The number of benzene rings is 1. The molecule has 1 aromatic heterocycles. The maximum atomic E-state index is 12.9. The van der Waals surface area contributed by atoms with Crippen LogP contribution in [0.3, 0.4) is 0 Å². The molecule has 2 heterocycles. The van der Waals surface area contributed by atoms with Crippen molar-refractivity contribution in [2.45, 2.75) is 16.7 Å². The normalized spacial score (nSPS) is 18.2. The van der Waals surface area contributed by atoms with Gasteiger partial charge in [-0.15, -0.1) is 0 Å². The Labute approximate surface area is 143 Å². The molecule has 8 heteroatoms. The number of alkyl halides is 2. The Kier molecular flexibility index (Phi) is 5.15. The first-order chi connectivity index (χ1) is 11.6. The molecule has 0 bridgehead atoms. The van der Waals surface area contributed by atoms with E-state index in [1.165, 1.54) is 0 Å². The van der Waals surface area contributed by atoms with Crippen molar-refractivity contribution < 1.29 is 13.6 Å². The van der Waals surface area contributed by atoms with Gasteiger partial charge in [-0.2, -0.15) is 8.78 Å². The van der Waals surface area contributed by atoms with E-state index in [9.17, 15) is 13.6 Å². The lowest BCUT2D eigenvalue weighted by Gasteiger charge is -2.35. The number of piperazine rings is 1. The fraction of sp³-hybridized carbons (Fsp3) is 0.375. The van der Waals surface area contributed by atoms with Crippen molar-refractivity contribution in [2.75, 3.05) is 19.6 Å². The molecule has 0 radical (unpaired) electrons. The molecule has 128 valence electrons. The molecular weight excluding hydrogens is 334 g/mol. The van der Waals surface area contributed by atoms with Gasteiger partial charge in [-0.05, 0) is 24.3 Å². The van der Waals surface area contributed by atoms with Gasteiger partial charge in [0.2, 0.25) is 0 Å². The summed E-state index contributed by atoms with van der Waals surface area (Å²) in [5.74, 6) is -1.76. The Balaban J connectivity index is 1.80. The SMILES string of the molecule is Cn1ccnc1C1CNCCN1C(=O)c1ccc(SC(F)F)cc1. The van der Waals surface area contributed by atoms with E-state index >= 15 is 0 Å². The first-order valence-corrected chi connectivity index (χ1v) is 8.48. The van der Waals surface area contributed by atoms with Crippen LogP contribution >= 0.6 is 11.8 Å². The van der Waals surface area contributed by atoms with Crippen molar-refractivity contribution >= 4 is 17.7 Å². The number of nitrogens with one attached hydrogen (secondary N) is 1. The molecule has 1 unspecified atom stereocenters. The van der Waals surface area contributed by atoms with Crippen LogP contribution in [0.5, 0.6) is 0 Å². The molecular formula is C16H18F2N4OS. The van der Waals surface area contributed by atoms with Gasteiger partial charge in [0.1, 0.15) is 11.9 Å². The number of carbonyl (C=O) groups excluding carboxylic acids is 1. The first-order valence-electron chi connectivity index (χ1n) is 7.60. The number of halogens is 2. The molecule has 1 atom stereocenters. The van der Waals surface area contributed by atoms with Crippen LogP contribution in [0.15, 0.2) is 41.6 Å². The first kappa shape index (κ1) is 16.9. The third-order valence-electron chi connectivity index (χ3n) is 3.99. The maximum absolute atomic E-state index is 12.9. The van der Waals surface area contributed by atoms with E-state index in [-0.39, 0.29) is 11.9 Å². The number of hydrogen-bond acceptors (Lipinski definition) is 4. The molecule has 1 amide bonds. The minimum absolute atomic E-state index is 0.113. The van der Waals surface area contributed by atoms with Gasteiger partial charge in [0.05, 0.1) is 0 Å². The molecule has 1 aliphatic heterocycles. The number of carbonyl (C=O) groups is 1. The molecule has 2 aromatic rings. The second kappa shape index (κ2) is 7.31. The Hall–Kier alpha value is -1.93. The van der Waals surface area contributed by atoms with Crippen LogP contribution in [-0.4, -0.2) is 45.7 Å². The molecule has 5 nitrogen and oxygen atoms in total. The summed E-state index contributed by atoms with van der Waals surface area (Å²) in [6.45, 7) is 1.92. The van der Waals surface area contributed by atoms with Crippen molar-refractivity contribution in [1.82, 2.24) is 19.8 Å². The fourth-order valence-corrected chi connectivity index (χ4v) is 3.32. The number of thioether (sulfide) groups is 1. The van der Waals surface area contributed by atoms with Gasteiger partial charge in [0, 0.05) is 49.5 Å². The summed E-state index contributed by atoms with van der Waals surface area (Å²) in [6.07, 6.45) is 3.56. The quantitative estimate of drug-likeness (QED) is 0.859. The van der Waals surface area contributed by atoms with E-state index in [0.717, 1.165) is 5.82 Å². The number of imidazole rings is 1. The Morgan fingerprint density at radius 3 is 2.75 bits per heavy atom. The molecule has 0 saturated carbocycles. The van der Waals surface area contributed by atoms with Crippen molar-refractivity contribution in [3.8, 4) is 0 Å². The van der Waals surface area contributed by atoms with Crippen LogP contribution in [0, 0.1) is 0 Å². The predicted molar refractivity (Wildman–Crippen MR) is 88.2 cm³/mol. The van der Waals surface area contributed by atoms with Gasteiger partial charge < -0.3 is 14.8 Å². The monoisotopic (exact) mass is 352 g/mol. The van der Waals surface area contributed by atoms with Gasteiger partial charge in [-0.25, -0.2) is 4.98 Å². The number of aromatic nitrogens is 2. The molecule has 24 heavy (non-hydrogen) atoms. The van der Waals surface area contributed by atoms with Crippen molar-refractivity contribution in [3.63, 3.8) is 0 Å². The van der Waals surface area contributed by atoms with Crippen LogP contribution in [0.1, 0.15) is 22.2 Å². The average Bonchev–Trinajstić information content (AvgIpc) is 3.00. The average molecular weight is 352 g/mol. The summed E-state index contributed by atoms with van der Waals surface area (Å²) in [5, 5.41) is 3.28. The lowest BCUT2D eigenvalue weighted by Crippen LogP contribution is -2.49. The second-order valence-corrected chi connectivity index (χ2v) is 6.58. The number of hydrogen-bond donors (Lipinski definition) is 1. The van der Waals surface area contributed by atoms with Crippen LogP contribution in [0.25, 0.3) is 0 Å². The van der Waals surface area contributed by atoms with Crippen molar-refractivity contribution in [1.29, 1.82) is 0 Å². The smallest absolute Gasteiger partial charge is 0.288 e. The number of rotatable bonds is 4. The highest BCUT2D eigenvalue weighted by Gasteiger charge is 2.30. The molecule has 3 rings (SSSR count). The zero-order valence-electron chi connectivity index (χ0n) is 13.2. The highest BCUT2D eigenvalue weighted by Crippen LogP contribution is 2.27. The lowest BCUT2D eigenvalue weighted by atomic mass is 10.1. The van der Waals surface area contributed by atoms with Crippen molar-refractivity contribution in [3.05, 3.63) is 48.0 Å². The van der Waals surface area contributed by atoms with Crippen LogP contribution < -0.4 is 5.32 Å². The number of amides is 1. The van der Waals surface area contributed by atoms with Gasteiger partial charge in [0.25, 0.3) is 11.7 Å². The zero-order chi connectivity index (χ0) is 17.1. The Bertz CT molecular complexity index is 704. The number of aryl methyl sites for hydroxylation is 1. The maximum Gasteiger partial charge on any atom is 0.288 e. The lowest BCUT2D eigenvalue weighted by molar-refractivity contribution is 0.0621. The molecule has 0 aliphatic carbocycles. The summed E-state index contributed by atoms with van der Waals surface area (Å²) >= 11 is 0.473. The standard InChI is InChI=1S/C16H18F2N4OS/c1-21-8-7-20-14(21)13-10-19-6-9-22(13)15(23)11-2-4-12(5-3-11)24-16(17)18/h2-5,7-8,13,16,19H,6,9-10H2,1H3. The Morgan fingerprint density at radius 1 is 1.38 bits per heavy atom. The minimum atomic E-state index is -2.47. The topological polar surface area (TPSA) is 50.2 Å². The largest absolute Gasteiger partial charge is 0.336 e. The predicted octanol–water partition coefficient (Wildman–Crippen LogP) is 2.52. The van der Waals surface area contributed by atoms with Crippen LogP contribution in [0.4, 0.5) is 8.78 Å². The molecule has 1 saturated heterocycles. The summed E-state index contributed by atoms with van der Waals surface area (Å²) in [6, 6.07) is 6.17. The van der Waals surface area contributed by atoms with Crippen LogP contribution in [-0.2, 0) is 7.05 Å². The molecule has 1 aliphatic rings. The highest BCUT2D eigenvalue weighted by molar-refractivity contribution is 7.99. The molecule has 1 fully saturated rings. The van der Waals surface area contributed by atoms with E-state index in [4.69, 9.17) is 0 Å². The zero-order valence-corrected chi connectivity index (χ0v) is 14.0. The fourth-order valence-electron chi connectivity index (χ4n) is 2.82. The van der Waals surface area contributed by atoms with Crippen molar-refractivity contribution in [2.24, 2.45) is 7.05 Å². The van der Waals surface area contributed by atoms with Gasteiger partial charge >= 0.3 is 0 Å². The third-order valence-corrected chi connectivity index (χ3v) is 4.71. The summed E-state index contributed by atoms with van der Waals surface area (Å²) in [5.41, 5.74) is 0.495. The molecule has 0 spiro atoms. The summed E-state index contributed by atoms with van der Waals surface area (Å²) in [4.78, 5) is 19.4. The van der Waals surface area contributed by atoms with E-state index in [2.05, 4.69) is 10.3 Å². The summed E-state index contributed by atoms with van der Waals surface area (Å²) in [7, 11) is 1.90. The summed E-state index contributed by atoms with van der Waals surface area (Å²) < 4.78 is 26.7. The van der Waals surface area contributed by atoms with E-state index in [1.807, 2.05) is 17.8 Å². The van der Waals surface area contributed by atoms with Gasteiger partial charge in [-0.1, -0.05) is 11.8 Å². The Morgan fingerprint density at radius 2 is 2.12 bits per heavy atom. The van der Waals surface area contributed by atoms with Crippen LogP contribution in [0.2, 0.25) is 0 Å². The van der Waals surface area contributed by atoms with E-state index in [1.54, 1.807) is 35.4 Å².